The van der Waals surface area contributed by atoms with Crippen LogP contribution in [0.4, 0.5) is 4.39 Å². The van der Waals surface area contributed by atoms with Crippen LogP contribution in [0, 0.1) is 5.82 Å². The Labute approximate surface area is 142 Å². The van der Waals surface area contributed by atoms with Crippen molar-refractivity contribution in [2.75, 3.05) is 0 Å². The molecular weight excluding hydrogens is 361 g/mol. The van der Waals surface area contributed by atoms with Crippen LogP contribution >= 0.6 is 15.9 Å². The first-order valence-corrected chi connectivity index (χ1v) is 8.74. The van der Waals surface area contributed by atoms with Gasteiger partial charge in [0.15, 0.2) is 5.69 Å². The molecule has 1 aromatic heterocycles. The number of aromatic amines is 1. The van der Waals surface area contributed by atoms with Crippen LogP contribution in [0.25, 0.3) is 0 Å². The lowest BCUT2D eigenvalue weighted by Crippen LogP contribution is -2.28. The van der Waals surface area contributed by atoms with Crippen LogP contribution in [0.5, 0.6) is 0 Å². The Hall–Kier alpha value is -1.69. The predicted octanol–water partition coefficient (Wildman–Crippen LogP) is 3.48. The first-order chi connectivity index (χ1) is 11.1. The highest BCUT2D eigenvalue weighted by molar-refractivity contribution is 9.10. The normalized spacial score (nSPS) is 22.5. The Morgan fingerprint density at radius 3 is 3.00 bits per heavy atom. The standard InChI is InChI=1S/C17H17BrFN3O/c18-12-6-5-9(7-13(12)19)11-8-15(11)20-17(23)16-10-3-1-2-4-14(10)21-22-16/h5-7,11,15H,1-4,8H2,(H,20,23)(H,21,22)/t11-,15+/m0/s1. The van der Waals surface area contributed by atoms with E-state index in [0.717, 1.165) is 48.9 Å². The van der Waals surface area contributed by atoms with Crippen molar-refractivity contribution in [3.63, 3.8) is 0 Å². The minimum atomic E-state index is -0.263. The molecule has 1 amide bonds. The van der Waals surface area contributed by atoms with Gasteiger partial charge >= 0.3 is 0 Å². The maximum Gasteiger partial charge on any atom is 0.272 e. The van der Waals surface area contributed by atoms with E-state index in [9.17, 15) is 9.18 Å². The molecule has 2 aromatic rings. The van der Waals surface area contributed by atoms with E-state index >= 15 is 0 Å². The number of nitrogens with one attached hydrogen (secondary N) is 2. The topological polar surface area (TPSA) is 57.8 Å². The van der Waals surface area contributed by atoms with Crippen LogP contribution in [-0.4, -0.2) is 22.1 Å². The van der Waals surface area contributed by atoms with Gasteiger partial charge in [-0.15, -0.1) is 0 Å². The molecule has 120 valence electrons. The lowest BCUT2D eigenvalue weighted by molar-refractivity contribution is 0.0944. The maximum absolute atomic E-state index is 13.6. The third kappa shape index (κ3) is 2.80. The Kier molecular flexibility index (Phi) is 3.71. The number of carbonyl (C=O) groups is 1. The average molecular weight is 378 g/mol. The van der Waals surface area contributed by atoms with E-state index < -0.39 is 0 Å². The zero-order valence-electron chi connectivity index (χ0n) is 12.5. The zero-order valence-corrected chi connectivity index (χ0v) is 14.1. The SMILES string of the molecule is O=C(N[C@@H]1C[C@H]1c1ccc(Br)c(F)c1)c1n[nH]c2c1CCCC2. The lowest BCUT2D eigenvalue weighted by atomic mass is 9.96. The van der Waals surface area contributed by atoms with E-state index in [1.54, 1.807) is 6.07 Å². The fourth-order valence-corrected chi connectivity index (χ4v) is 3.62. The maximum atomic E-state index is 13.6. The van der Waals surface area contributed by atoms with Gasteiger partial charge in [-0.2, -0.15) is 5.10 Å². The number of halogens is 2. The Morgan fingerprint density at radius 1 is 1.35 bits per heavy atom. The predicted molar refractivity (Wildman–Crippen MR) is 87.9 cm³/mol. The van der Waals surface area contributed by atoms with Gasteiger partial charge in [-0.3, -0.25) is 9.89 Å². The molecule has 0 spiro atoms. The molecule has 0 bridgehead atoms. The third-order valence-electron chi connectivity index (χ3n) is 4.75. The molecule has 4 nitrogen and oxygen atoms in total. The van der Waals surface area contributed by atoms with Gasteiger partial charge in [-0.1, -0.05) is 6.07 Å². The summed E-state index contributed by atoms with van der Waals surface area (Å²) in [5, 5.41) is 10.2. The zero-order chi connectivity index (χ0) is 16.0. The molecule has 0 radical (unpaired) electrons. The molecule has 2 N–H and O–H groups in total. The summed E-state index contributed by atoms with van der Waals surface area (Å²) in [5.41, 5.74) is 3.64. The number of aromatic nitrogens is 2. The minimum Gasteiger partial charge on any atom is -0.347 e. The molecule has 2 aliphatic carbocycles. The molecule has 2 aliphatic rings. The van der Waals surface area contributed by atoms with Crippen LogP contribution in [0.1, 0.15) is 52.5 Å². The Balaban J connectivity index is 1.44. The van der Waals surface area contributed by atoms with Crippen molar-refractivity contribution in [2.24, 2.45) is 0 Å². The number of benzene rings is 1. The van der Waals surface area contributed by atoms with Gasteiger partial charge in [0.05, 0.1) is 4.47 Å². The van der Waals surface area contributed by atoms with E-state index in [1.807, 2.05) is 6.07 Å². The first-order valence-electron chi connectivity index (χ1n) is 7.95. The molecule has 4 rings (SSSR count). The van der Waals surface area contributed by atoms with E-state index in [4.69, 9.17) is 0 Å². The second-order valence-corrected chi connectivity index (χ2v) is 7.19. The van der Waals surface area contributed by atoms with Crippen molar-refractivity contribution >= 4 is 21.8 Å². The second kappa shape index (κ2) is 5.74. The molecule has 1 saturated carbocycles. The molecule has 23 heavy (non-hydrogen) atoms. The number of aryl methyl sites for hydroxylation is 1. The summed E-state index contributed by atoms with van der Waals surface area (Å²) in [6.07, 6.45) is 4.99. The summed E-state index contributed by atoms with van der Waals surface area (Å²) in [6, 6.07) is 5.22. The van der Waals surface area contributed by atoms with E-state index in [1.165, 1.54) is 6.07 Å². The molecule has 1 heterocycles. The van der Waals surface area contributed by atoms with Gasteiger partial charge in [0.2, 0.25) is 0 Å². The number of carbonyl (C=O) groups excluding carboxylic acids is 1. The largest absolute Gasteiger partial charge is 0.347 e. The summed E-state index contributed by atoms with van der Waals surface area (Å²) >= 11 is 3.16. The number of hydrogen-bond acceptors (Lipinski definition) is 2. The van der Waals surface area contributed by atoms with Crippen molar-refractivity contribution in [3.8, 4) is 0 Å². The summed E-state index contributed by atoms with van der Waals surface area (Å²) < 4.78 is 14.1. The fourth-order valence-electron chi connectivity index (χ4n) is 3.37. The number of amides is 1. The lowest BCUT2D eigenvalue weighted by Gasteiger charge is -2.11. The number of H-pyrrole nitrogens is 1. The Bertz CT molecular complexity index is 773. The van der Waals surface area contributed by atoms with Crippen molar-refractivity contribution in [3.05, 3.63) is 51.0 Å². The molecule has 0 unspecified atom stereocenters. The third-order valence-corrected chi connectivity index (χ3v) is 5.39. The number of rotatable bonds is 3. The van der Waals surface area contributed by atoms with Crippen molar-refractivity contribution < 1.29 is 9.18 Å². The van der Waals surface area contributed by atoms with Crippen molar-refractivity contribution in [1.29, 1.82) is 0 Å². The highest BCUT2D eigenvalue weighted by Gasteiger charge is 2.40. The van der Waals surface area contributed by atoms with Gasteiger partial charge < -0.3 is 5.32 Å². The first kappa shape index (κ1) is 14.9. The highest BCUT2D eigenvalue weighted by atomic mass is 79.9. The van der Waals surface area contributed by atoms with Crippen LogP contribution in [0.2, 0.25) is 0 Å². The number of nitrogens with zero attached hydrogens (tertiary/aromatic N) is 1. The molecule has 6 heteroatoms. The summed E-state index contributed by atoms with van der Waals surface area (Å²) in [7, 11) is 0. The van der Waals surface area contributed by atoms with E-state index in [0.29, 0.717) is 10.2 Å². The van der Waals surface area contributed by atoms with Crippen LogP contribution in [-0.2, 0) is 12.8 Å². The van der Waals surface area contributed by atoms with Crippen molar-refractivity contribution in [1.82, 2.24) is 15.5 Å². The molecule has 1 fully saturated rings. The van der Waals surface area contributed by atoms with Gasteiger partial charge in [0.25, 0.3) is 5.91 Å². The quantitative estimate of drug-likeness (QED) is 0.859. The number of hydrogen-bond donors (Lipinski definition) is 2. The van der Waals surface area contributed by atoms with Gasteiger partial charge in [-0.25, -0.2) is 4.39 Å². The smallest absolute Gasteiger partial charge is 0.272 e. The highest BCUT2D eigenvalue weighted by Crippen LogP contribution is 2.41. The molecule has 1 aromatic carbocycles. The molecule has 0 aliphatic heterocycles. The summed E-state index contributed by atoms with van der Waals surface area (Å²) in [6.45, 7) is 0. The second-order valence-electron chi connectivity index (χ2n) is 6.33. The van der Waals surface area contributed by atoms with Gasteiger partial charge in [-0.05, 0) is 65.7 Å². The summed E-state index contributed by atoms with van der Waals surface area (Å²) in [4.78, 5) is 12.5. The monoisotopic (exact) mass is 377 g/mol. The average Bonchev–Trinajstić information content (AvgIpc) is 3.17. The van der Waals surface area contributed by atoms with Crippen LogP contribution < -0.4 is 5.32 Å². The molecule has 2 atom stereocenters. The molecule has 0 saturated heterocycles. The number of fused-ring (bicyclic) bond motifs is 1. The van der Waals surface area contributed by atoms with Gasteiger partial charge in [0, 0.05) is 23.2 Å². The van der Waals surface area contributed by atoms with Gasteiger partial charge in [0.1, 0.15) is 5.82 Å². The van der Waals surface area contributed by atoms with Crippen LogP contribution in [0.3, 0.4) is 0 Å². The fraction of sp³-hybridized carbons (Fsp3) is 0.412. The van der Waals surface area contributed by atoms with Crippen molar-refractivity contribution in [2.45, 2.75) is 44.1 Å². The van der Waals surface area contributed by atoms with Crippen LogP contribution in [0.15, 0.2) is 22.7 Å². The minimum absolute atomic E-state index is 0.0685. The molecular formula is C17H17BrFN3O. The summed E-state index contributed by atoms with van der Waals surface area (Å²) in [5.74, 6) is -0.188. The Morgan fingerprint density at radius 2 is 2.17 bits per heavy atom. The van der Waals surface area contributed by atoms with E-state index in [2.05, 4.69) is 31.4 Å². The van der Waals surface area contributed by atoms with E-state index in [-0.39, 0.29) is 23.7 Å².